The van der Waals surface area contributed by atoms with Gasteiger partial charge in [-0.05, 0) is 34.1 Å². The van der Waals surface area contributed by atoms with Crippen molar-refractivity contribution < 1.29 is 9.31 Å². The molecule has 1 aromatic carbocycles. The predicted octanol–water partition coefficient (Wildman–Crippen LogP) is 2.92. The molecule has 9 heteroatoms. The van der Waals surface area contributed by atoms with Crippen LogP contribution in [-0.4, -0.2) is 9.91 Å². The number of hydrogen-bond donors (Lipinski definition) is 3. The third kappa shape index (κ3) is 3.19. The van der Waals surface area contributed by atoms with Crippen molar-refractivity contribution in [2.45, 2.75) is 0 Å². The first-order chi connectivity index (χ1) is 9.49. The Morgan fingerprint density at radius 1 is 1.30 bits per heavy atom. The lowest BCUT2D eigenvalue weighted by atomic mass is 10.3. The lowest BCUT2D eigenvalue weighted by Gasteiger charge is -2.08. The molecule has 0 atom stereocenters. The van der Waals surface area contributed by atoms with Crippen molar-refractivity contribution in [1.82, 2.24) is 4.98 Å². The molecule has 1 aromatic heterocycles. The lowest BCUT2D eigenvalue weighted by Crippen LogP contribution is -2.10. The van der Waals surface area contributed by atoms with E-state index in [2.05, 4.69) is 31.7 Å². The molecule has 0 unspecified atom stereocenters. The number of nitrogens with two attached hydrogens (primary N) is 1. The van der Waals surface area contributed by atoms with Gasteiger partial charge in [-0.1, -0.05) is 0 Å². The van der Waals surface area contributed by atoms with Gasteiger partial charge < -0.3 is 10.7 Å². The highest BCUT2D eigenvalue weighted by molar-refractivity contribution is 9.10. The van der Waals surface area contributed by atoms with Crippen LogP contribution in [0.1, 0.15) is 0 Å². The van der Waals surface area contributed by atoms with E-state index in [0.29, 0.717) is 5.69 Å². The third-order valence-electron chi connectivity index (χ3n) is 2.36. The first-order valence-electron chi connectivity index (χ1n) is 5.35. The van der Waals surface area contributed by atoms with E-state index in [0.717, 1.165) is 0 Å². The number of nitro groups is 1. The van der Waals surface area contributed by atoms with Crippen LogP contribution in [-0.2, 0) is 0 Å². The van der Waals surface area contributed by atoms with Gasteiger partial charge in [0.05, 0.1) is 21.5 Å². The molecule has 20 heavy (non-hydrogen) atoms. The summed E-state index contributed by atoms with van der Waals surface area (Å²) < 4.78 is 13.4. The van der Waals surface area contributed by atoms with Gasteiger partial charge in [-0.25, -0.2) is 15.2 Å². The van der Waals surface area contributed by atoms with Gasteiger partial charge in [0.2, 0.25) is 0 Å². The summed E-state index contributed by atoms with van der Waals surface area (Å²) in [6.07, 6.45) is 0. The number of nitrogens with zero attached hydrogens (tertiary/aromatic N) is 2. The van der Waals surface area contributed by atoms with Crippen molar-refractivity contribution in [1.29, 1.82) is 0 Å². The molecule has 0 radical (unpaired) electrons. The van der Waals surface area contributed by atoms with Gasteiger partial charge in [-0.3, -0.25) is 10.1 Å². The SMILES string of the molecule is NNc1cc([N+](=O)[O-])cc(Nc2ccc(F)c(Br)c2)n1. The second-order valence-electron chi connectivity index (χ2n) is 3.75. The minimum absolute atomic E-state index is 0.142. The first-order valence-corrected chi connectivity index (χ1v) is 6.14. The van der Waals surface area contributed by atoms with E-state index in [1.807, 2.05) is 0 Å². The number of halogens is 2. The zero-order chi connectivity index (χ0) is 14.7. The van der Waals surface area contributed by atoms with E-state index in [9.17, 15) is 14.5 Å². The maximum atomic E-state index is 13.1. The van der Waals surface area contributed by atoms with E-state index >= 15 is 0 Å². The summed E-state index contributed by atoms with van der Waals surface area (Å²) in [5.74, 6) is 5.15. The normalized spacial score (nSPS) is 10.2. The Bertz CT molecular complexity index is 667. The van der Waals surface area contributed by atoms with Crippen molar-refractivity contribution in [3.05, 3.63) is 50.7 Å². The van der Waals surface area contributed by atoms with Crippen LogP contribution in [0.25, 0.3) is 0 Å². The van der Waals surface area contributed by atoms with Crippen LogP contribution in [0.15, 0.2) is 34.8 Å². The summed E-state index contributed by atoms with van der Waals surface area (Å²) in [4.78, 5) is 14.3. The monoisotopic (exact) mass is 341 g/mol. The number of aromatic nitrogens is 1. The smallest absolute Gasteiger partial charge is 0.276 e. The van der Waals surface area contributed by atoms with Gasteiger partial charge in [-0.15, -0.1) is 0 Å². The minimum atomic E-state index is -0.561. The minimum Gasteiger partial charge on any atom is -0.340 e. The van der Waals surface area contributed by atoms with E-state index in [-0.39, 0.29) is 21.8 Å². The Labute approximate surface area is 121 Å². The lowest BCUT2D eigenvalue weighted by molar-refractivity contribution is -0.384. The standard InChI is InChI=1S/C11H9BrFN5O2/c12-8-3-6(1-2-9(8)13)15-10-4-7(18(19)20)5-11(16-10)17-14/h1-5H,14H2,(H2,15,16,17). The molecule has 4 N–H and O–H groups in total. The van der Waals surface area contributed by atoms with Crippen molar-refractivity contribution in [2.75, 3.05) is 10.7 Å². The topological polar surface area (TPSA) is 106 Å². The number of nitrogen functional groups attached to an aromatic ring is 1. The highest BCUT2D eigenvalue weighted by Crippen LogP contribution is 2.25. The summed E-state index contributed by atoms with van der Waals surface area (Å²) in [6, 6.07) is 6.68. The summed E-state index contributed by atoms with van der Waals surface area (Å²) in [7, 11) is 0. The highest BCUT2D eigenvalue weighted by Gasteiger charge is 2.11. The van der Waals surface area contributed by atoms with Crippen molar-refractivity contribution >= 4 is 38.9 Å². The van der Waals surface area contributed by atoms with Crippen LogP contribution in [0.5, 0.6) is 0 Å². The van der Waals surface area contributed by atoms with Gasteiger partial charge in [0, 0.05) is 5.69 Å². The number of benzene rings is 1. The number of pyridine rings is 1. The summed E-state index contributed by atoms with van der Waals surface area (Å²) >= 11 is 3.05. The molecule has 0 spiro atoms. The van der Waals surface area contributed by atoms with Crippen LogP contribution < -0.4 is 16.6 Å². The molecule has 2 rings (SSSR count). The Balaban J connectivity index is 2.34. The average molecular weight is 342 g/mol. The quantitative estimate of drug-likeness (QED) is 0.448. The fourth-order valence-corrected chi connectivity index (χ4v) is 1.86. The Morgan fingerprint density at radius 3 is 2.60 bits per heavy atom. The van der Waals surface area contributed by atoms with E-state index in [1.165, 1.54) is 30.3 Å². The molecule has 0 aliphatic carbocycles. The van der Waals surface area contributed by atoms with Crippen LogP contribution in [0.2, 0.25) is 0 Å². The molecular weight excluding hydrogens is 333 g/mol. The fraction of sp³-hybridized carbons (Fsp3) is 0. The van der Waals surface area contributed by atoms with Gasteiger partial charge in [0.15, 0.2) is 0 Å². The van der Waals surface area contributed by atoms with Crippen LogP contribution in [0, 0.1) is 15.9 Å². The van der Waals surface area contributed by atoms with Crippen LogP contribution in [0.3, 0.4) is 0 Å². The van der Waals surface area contributed by atoms with Crippen molar-refractivity contribution in [3.63, 3.8) is 0 Å². The maximum absolute atomic E-state index is 13.1. The number of anilines is 3. The summed E-state index contributed by atoms with van der Waals surface area (Å²) in [5.41, 5.74) is 2.60. The third-order valence-corrected chi connectivity index (χ3v) is 2.97. The number of nitrogens with one attached hydrogen (secondary N) is 2. The van der Waals surface area contributed by atoms with Crippen LogP contribution >= 0.6 is 15.9 Å². The number of rotatable bonds is 4. The van der Waals surface area contributed by atoms with Crippen molar-refractivity contribution in [2.24, 2.45) is 5.84 Å². The Hall–Kier alpha value is -2.26. The molecule has 104 valence electrons. The molecule has 0 aliphatic rings. The fourth-order valence-electron chi connectivity index (χ4n) is 1.48. The van der Waals surface area contributed by atoms with Gasteiger partial charge >= 0.3 is 0 Å². The van der Waals surface area contributed by atoms with E-state index < -0.39 is 10.7 Å². The Kier molecular flexibility index (Phi) is 4.11. The highest BCUT2D eigenvalue weighted by atomic mass is 79.9. The molecular formula is C11H9BrFN5O2. The second kappa shape index (κ2) is 5.80. The second-order valence-corrected chi connectivity index (χ2v) is 4.61. The number of hydrogen-bond acceptors (Lipinski definition) is 6. The zero-order valence-electron chi connectivity index (χ0n) is 9.93. The largest absolute Gasteiger partial charge is 0.340 e. The molecule has 1 heterocycles. The molecule has 0 saturated carbocycles. The van der Waals surface area contributed by atoms with Crippen molar-refractivity contribution in [3.8, 4) is 0 Å². The molecule has 2 aromatic rings. The zero-order valence-corrected chi connectivity index (χ0v) is 11.5. The van der Waals surface area contributed by atoms with Crippen LogP contribution in [0.4, 0.5) is 27.4 Å². The molecule has 7 nitrogen and oxygen atoms in total. The Morgan fingerprint density at radius 2 is 2.00 bits per heavy atom. The molecule has 0 bridgehead atoms. The predicted molar refractivity (Wildman–Crippen MR) is 76.1 cm³/mol. The summed E-state index contributed by atoms with van der Waals surface area (Å²) in [6.45, 7) is 0. The first kappa shape index (κ1) is 14.2. The van der Waals surface area contributed by atoms with Gasteiger partial charge in [0.25, 0.3) is 5.69 Å². The van der Waals surface area contributed by atoms with Gasteiger partial charge in [-0.2, -0.15) is 0 Å². The van der Waals surface area contributed by atoms with Gasteiger partial charge in [0.1, 0.15) is 17.5 Å². The summed E-state index contributed by atoms with van der Waals surface area (Å²) in [5, 5.41) is 13.6. The van der Waals surface area contributed by atoms with E-state index in [4.69, 9.17) is 5.84 Å². The molecule has 0 fully saturated rings. The molecule has 0 aliphatic heterocycles. The average Bonchev–Trinajstić information content (AvgIpc) is 2.42. The molecule has 0 saturated heterocycles. The number of hydrazine groups is 1. The maximum Gasteiger partial charge on any atom is 0.276 e. The van der Waals surface area contributed by atoms with E-state index in [1.54, 1.807) is 0 Å². The molecule has 0 amide bonds.